The van der Waals surface area contributed by atoms with Crippen molar-refractivity contribution in [2.45, 2.75) is 6.92 Å². The standard InChI is InChI=1S/C25H25ClN4O4/c1-17(31)19-5-9-22(23(15-19)33-2)34-16-25(32)30-13-11-29(12-14-30)24-10-8-21(27-28-24)18-3-6-20(26)7-4-18/h3-10,15H,11-14,16H2,1-2H3. The van der Waals surface area contributed by atoms with Gasteiger partial charge in [-0.3, -0.25) is 9.59 Å². The number of ketones is 1. The number of piperazine rings is 1. The van der Waals surface area contributed by atoms with E-state index in [-0.39, 0.29) is 18.3 Å². The predicted molar refractivity (Wildman–Crippen MR) is 130 cm³/mol. The molecule has 34 heavy (non-hydrogen) atoms. The molecule has 2 aromatic carbocycles. The van der Waals surface area contributed by atoms with E-state index in [1.165, 1.54) is 14.0 Å². The van der Waals surface area contributed by atoms with Gasteiger partial charge in [-0.2, -0.15) is 0 Å². The minimum atomic E-state index is -0.110. The highest BCUT2D eigenvalue weighted by Gasteiger charge is 2.23. The monoisotopic (exact) mass is 480 g/mol. The van der Waals surface area contributed by atoms with Crippen LogP contribution in [0.2, 0.25) is 5.02 Å². The largest absolute Gasteiger partial charge is 0.493 e. The molecule has 1 fully saturated rings. The number of benzene rings is 2. The van der Waals surface area contributed by atoms with Gasteiger partial charge < -0.3 is 19.3 Å². The lowest BCUT2D eigenvalue weighted by Crippen LogP contribution is -2.50. The zero-order chi connectivity index (χ0) is 24.1. The van der Waals surface area contributed by atoms with E-state index in [4.69, 9.17) is 21.1 Å². The molecule has 0 atom stereocenters. The second-order valence-electron chi connectivity index (χ2n) is 7.86. The average Bonchev–Trinajstić information content (AvgIpc) is 2.87. The number of anilines is 1. The molecule has 176 valence electrons. The van der Waals surface area contributed by atoms with E-state index < -0.39 is 0 Å². The number of methoxy groups -OCH3 is 1. The second-order valence-corrected chi connectivity index (χ2v) is 8.30. The molecule has 0 saturated carbocycles. The number of hydrogen-bond donors (Lipinski definition) is 0. The molecular formula is C25H25ClN4O4. The summed E-state index contributed by atoms with van der Waals surface area (Å²) >= 11 is 5.95. The molecule has 8 nitrogen and oxygen atoms in total. The van der Waals surface area contributed by atoms with Crippen LogP contribution in [0, 0.1) is 0 Å². The van der Waals surface area contributed by atoms with Gasteiger partial charge in [0.15, 0.2) is 29.7 Å². The highest BCUT2D eigenvalue weighted by atomic mass is 35.5. The minimum absolute atomic E-state index is 0.0666. The molecule has 1 aliphatic rings. The Labute approximate surface area is 203 Å². The van der Waals surface area contributed by atoms with Crippen molar-refractivity contribution in [1.82, 2.24) is 15.1 Å². The molecule has 0 N–H and O–H groups in total. The van der Waals surface area contributed by atoms with Crippen LogP contribution in [0.15, 0.2) is 54.6 Å². The van der Waals surface area contributed by atoms with Gasteiger partial charge >= 0.3 is 0 Å². The van der Waals surface area contributed by atoms with Gasteiger partial charge in [-0.15, -0.1) is 10.2 Å². The van der Waals surface area contributed by atoms with Gasteiger partial charge in [0.05, 0.1) is 12.8 Å². The first-order chi connectivity index (χ1) is 16.4. The number of rotatable bonds is 7. The molecule has 3 aromatic rings. The Morgan fingerprint density at radius 3 is 2.29 bits per heavy atom. The van der Waals surface area contributed by atoms with Crippen LogP contribution in [-0.4, -0.2) is 66.7 Å². The van der Waals surface area contributed by atoms with Gasteiger partial charge in [0.2, 0.25) is 0 Å². The van der Waals surface area contributed by atoms with E-state index >= 15 is 0 Å². The number of halogens is 1. The third-order valence-corrected chi connectivity index (χ3v) is 5.92. The number of Topliss-reactive ketones (excluding diaryl/α,β-unsaturated/α-hetero) is 1. The van der Waals surface area contributed by atoms with Gasteiger partial charge in [0.25, 0.3) is 5.91 Å². The normalized spacial score (nSPS) is 13.5. The number of carbonyl (C=O) groups excluding carboxylic acids is 2. The highest BCUT2D eigenvalue weighted by molar-refractivity contribution is 6.30. The molecule has 1 aromatic heterocycles. The topological polar surface area (TPSA) is 84.9 Å². The highest BCUT2D eigenvalue weighted by Crippen LogP contribution is 2.28. The minimum Gasteiger partial charge on any atom is -0.493 e. The van der Waals surface area contributed by atoms with Crippen molar-refractivity contribution in [2.24, 2.45) is 0 Å². The fraction of sp³-hybridized carbons (Fsp3) is 0.280. The lowest BCUT2D eigenvalue weighted by molar-refractivity contribution is -0.133. The number of carbonyl (C=O) groups is 2. The van der Waals surface area contributed by atoms with Crippen molar-refractivity contribution in [1.29, 1.82) is 0 Å². The van der Waals surface area contributed by atoms with E-state index in [1.807, 2.05) is 36.4 Å². The fourth-order valence-corrected chi connectivity index (χ4v) is 3.82. The van der Waals surface area contributed by atoms with E-state index in [1.54, 1.807) is 23.1 Å². The summed E-state index contributed by atoms with van der Waals surface area (Å²) in [7, 11) is 1.50. The van der Waals surface area contributed by atoms with Gasteiger partial charge in [-0.05, 0) is 49.4 Å². The first kappa shape index (κ1) is 23.5. The number of ether oxygens (including phenoxy) is 2. The summed E-state index contributed by atoms with van der Waals surface area (Å²) in [5, 5.41) is 9.38. The van der Waals surface area contributed by atoms with Gasteiger partial charge in [0.1, 0.15) is 0 Å². The average molecular weight is 481 g/mol. The molecule has 0 radical (unpaired) electrons. The molecular weight excluding hydrogens is 456 g/mol. The summed E-state index contributed by atoms with van der Waals surface area (Å²) in [6.45, 7) is 3.80. The first-order valence-corrected chi connectivity index (χ1v) is 11.3. The summed E-state index contributed by atoms with van der Waals surface area (Å²) in [5.41, 5.74) is 2.25. The number of hydrogen-bond acceptors (Lipinski definition) is 7. The van der Waals surface area contributed by atoms with Crippen molar-refractivity contribution in [3.05, 3.63) is 65.2 Å². The van der Waals surface area contributed by atoms with Crippen LogP contribution in [-0.2, 0) is 4.79 Å². The molecule has 1 amide bonds. The fourth-order valence-electron chi connectivity index (χ4n) is 3.69. The molecule has 0 bridgehead atoms. The third-order valence-electron chi connectivity index (χ3n) is 5.67. The van der Waals surface area contributed by atoms with Gasteiger partial charge in [-0.1, -0.05) is 23.7 Å². The Hall–Kier alpha value is -3.65. The second kappa shape index (κ2) is 10.5. The zero-order valence-corrected chi connectivity index (χ0v) is 19.8. The lowest BCUT2D eigenvalue weighted by atomic mass is 10.1. The third kappa shape index (κ3) is 5.46. The van der Waals surface area contributed by atoms with Crippen LogP contribution in [0.4, 0.5) is 5.82 Å². The van der Waals surface area contributed by atoms with Crippen molar-refractivity contribution >= 4 is 29.1 Å². The van der Waals surface area contributed by atoms with Gasteiger partial charge in [0, 0.05) is 42.3 Å². The Balaban J connectivity index is 1.30. The molecule has 0 spiro atoms. The summed E-state index contributed by atoms with van der Waals surface area (Å²) in [4.78, 5) is 28.1. The Kier molecular flexibility index (Phi) is 7.27. The quantitative estimate of drug-likeness (QED) is 0.476. The number of aromatic nitrogens is 2. The predicted octanol–water partition coefficient (Wildman–Crippen LogP) is 3.74. The Bertz CT molecular complexity index is 1160. The van der Waals surface area contributed by atoms with Crippen LogP contribution < -0.4 is 14.4 Å². The van der Waals surface area contributed by atoms with Crippen LogP contribution in [0.5, 0.6) is 11.5 Å². The van der Waals surface area contributed by atoms with Crippen molar-refractivity contribution in [3.8, 4) is 22.8 Å². The van der Waals surface area contributed by atoms with Gasteiger partial charge in [-0.25, -0.2) is 0 Å². The Morgan fingerprint density at radius 1 is 0.941 bits per heavy atom. The molecule has 4 rings (SSSR count). The Morgan fingerprint density at radius 2 is 1.68 bits per heavy atom. The lowest BCUT2D eigenvalue weighted by Gasteiger charge is -2.35. The maximum absolute atomic E-state index is 12.7. The molecule has 0 aliphatic carbocycles. The molecule has 9 heteroatoms. The van der Waals surface area contributed by atoms with Crippen molar-refractivity contribution in [2.75, 3.05) is 44.8 Å². The zero-order valence-electron chi connectivity index (χ0n) is 19.0. The maximum Gasteiger partial charge on any atom is 0.260 e. The van der Waals surface area contributed by atoms with Crippen LogP contribution in [0.25, 0.3) is 11.3 Å². The smallest absolute Gasteiger partial charge is 0.260 e. The van der Waals surface area contributed by atoms with Crippen molar-refractivity contribution < 1.29 is 19.1 Å². The summed E-state index contributed by atoms with van der Waals surface area (Å²) in [6, 6.07) is 16.2. The van der Waals surface area contributed by atoms with E-state index in [0.29, 0.717) is 48.3 Å². The molecule has 1 saturated heterocycles. The summed E-state index contributed by atoms with van der Waals surface area (Å²) in [6.07, 6.45) is 0. The van der Waals surface area contributed by atoms with Crippen LogP contribution in [0.3, 0.4) is 0 Å². The van der Waals surface area contributed by atoms with Crippen LogP contribution >= 0.6 is 11.6 Å². The van der Waals surface area contributed by atoms with Crippen LogP contribution in [0.1, 0.15) is 17.3 Å². The first-order valence-electron chi connectivity index (χ1n) is 10.9. The number of amides is 1. The van der Waals surface area contributed by atoms with E-state index in [2.05, 4.69) is 15.1 Å². The van der Waals surface area contributed by atoms with E-state index in [9.17, 15) is 9.59 Å². The molecule has 1 aliphatic heterocycles. The summed E-state index contributed by atoms with van der Waals surface area (Å²) < 4.78 is 11.0. The van der Waals surface area contributed by atoms with E-state index in [0.717, 1.165) is 17.1 Å². The number of nitrogens with zero attached hydrogens (tertiary/aromatic N) is 4. The SMILES string of the molecule is COc1cc(C(C)=O)ccc1OCC(=O)N1CCN(c2ccc(-c3ccc(Cl)cc3)nn2)CC1. The molecule has 0 unspecified atom stereocenters. The van der Waals surface area contributed by atoms with Crippen molar-refractivity contribution in [3.63, 3.8) is 0 Å². The molecule has 2 heterocycles. The summed E-state index contributed by atoms with van der Waals surface area (Å²) in [5.74, 6) is 1.45. The maximum atomic E-state index is 12.7.